The molecule has 0 bridgehead atoms. The molecule has 0 atom stereocenters. The maximum absolute atomic E-state index is 6.32. The molecular weight excluding hydrogens is 709 g/mol. The maximum atomic E-state index is 6.32. The number of aryl methyl sites for hydroxylation is 4. The summed E-state index contributed by atoms with van der Waals surface area (Å²) in [7, 11) is 1.72. The van der Waals surface area contributed by atoms with E-state index in [9.17, 15) is 0 Å². The van der Waals surface area contributed by atoms with Crippen LogP contribution >= 0.6 is 0 Å². The van der Waals surface area contributed by atoms with E-state index in [-0.39, 0.29) is 0 Å². The molecule has 0 amide bonds. The van der Waals surface area contributed by atoms with Crippen molar-refractivity contribution in [1.29, 1.82) is 0 Å². The van der Waals surface area contributed by atoms with Crippen molar-refractivity contribution in [1.82, 2.24) is 0 Å². The van der Waals surface area contributed by atoms with E-state index in [4.69, 9.17) is 9.47 Å². The number of nitrogens with zero attached hydrogens (tertiary/aromatic N) is 2. The largest absolute Gasteiger partial charge is 0.496 e. The summed E-state index contributed by atoms with van der Waals surface area (Å²) in [6.07, 6.45) is 9.38. The van der Waals surface area contributed by atoms with Crippen LogP contribution in [0.1, 0.15) is 57.9 Å². The van der Waals surface area contributed by atoms with Gasteiger partial charge in [-0.3, -0.25) is 0 Å². The van der Waals surface area contributed by atoms with E-state index >= 15 is 0 Å². The number of hydrogen-bond donors (Lipinski definition) is 0. The van der Waals surface area contributed by atoms with Crippen molar-refractivity contribution in [3.8, 4) is 11.5 Å². The van der Waals surface area contributed by atoms with Crippen LogP contribution < -0.4 is 19.3 Å². The lowest BCUT2D eigenvalue weighted by molar-refractivity contribution is 0.316. The minimum absolute atomic E-state index is 0.624. The van der Waals surface area contributed by atoms with Crippen LogP contribution in [0.3, 0.4) is 0 Å². The molecule has 7 aromatic rings. The maximum Gasteiger partial charge on any atom is 0.127 e. The van der Waals surface area contributed by atoms with Crippen LogP contribution in [0, 0.1) is 27.7 Å². The second-order valence-electron chi connectivity index (χ2n) is 14.8. The number of anilines is 6. The van der Waals surface area contributed by atoms with Crippen LogP contribution in [0.5, 0.6) is 11.5 Å². The average Bonchev–Trinajstić information content (AvgIpc) is 3.25. The van der Waals surface area contributed by atoms with Crippen LogP contribution in [0.15, 0.2) is 158 Å². The van der Waals surface area contributed by atoms with E-state index in [2.05, 4.69) is 226 Å². The van der Waals surface area contributed by atoms with Crippen LogP contribution in [0.4, 0.5) is 34.1 Å². The summed E-state index contributed by atoms with van der Waals surface area (Å²) in [6, 6.07) is 56.2. The van der Waals surface area contributed by atoms with Gasteiger partial charge in [0.2, 0.25) is 0 Å². The van der Waals surface area contributed by atoms with Crippen molar-refractivity contribution in [3.63, 3.8) is 0 Å². The van der Waals surface area contributed by atoms with Crippen molar-refractivity contribution in [3.05, 3.63) is 202 Å². The standard InChI is InChI=1S/C54H52N2O2/c1-7-36-58-54-38-45(22-16-43-18-32-51(33-19-43)55(47-24-8-39(2)9-25-47)48-26-10-40(3)11-27-48)53(57-6)37-46(54)23-17-44-20-34-52(35-21-44)56(49-28-12-41(4)13-29-49)50-30-14-42(5)15-31-50/h8-35,37-38H,7,36H2,1-6H3. The number of rotatable bonds is 14. The lowest BCUT2D eigenvalue weighted by Crippen LogP contribution is -2.09. The molecule has 7 rings (SSSR count). The first kappa shape index (κ1) is 39.5. The topological polar surface area (TPSA) is 24.9 Å². The number of ether oxygens (including phenoxy) is 2. The van der Waals surface area contributed by atoms with Gasteiger partial charge in [-0.25, -0.2) is 0 Å². The highest BCUT2D eigenvalue weighted by atomic mass is 16.5. The predicted octanol–water partition coefficient (Wildman–Crippen LogP) is 15.0. The van der Waals surface area contributed by atoms with Gasteiger partial charge in [0.25, 0.3) is 0 Å². The van der Waals surface area contributed by atoms with Crippen molar-refractivity contribution in [2.75, 3.05) is 23.5 Å². The van der Waals surface area contributed by atoms with Crippen molar-refractivity contribution < 1.29 is 9.47 Å². The zero-order chi connectivity index (χ0) is 40.4. The molecule has 0 aliphatic rings. The molecule has 0 fully saturated rings. The lowest BCUT2D eigenvalue weighted by Gasteiger charge is -2.26. The highest BCUT2D eigenvalue weighted by Gasteiger charge is 2.14. The Morgan fingerprint density at radius 1 is 0.397 bits per heavy atom. The zero-order valence-corrected chi connectivity index (χ0v) is 34.4. The molecule has 58 heavy (non-hydrogen) atoms. The SMILES string of the molecule is CCCOc1cc(C=Cc2ccc(N(c3ccc(C)cc3)c3ccc(C)cc3)cc2)c(OC)cc1C=Cc1ccc(N(c2ccc(C)cc2)c2ccc(C)cc2)cc1. The molecule has 0 aromatic heterocycles. The molecule has 0 N–H and O–H groups in total. The van der Waals surface area contributed by atoms with Crippen LogP contribution in [-0.2, 0) is 0 Å². The molecule has 0 heterocycles. The van der Waals surface area contributed by atoms with Crippen LogP contribution in [0.25, 0.3) is 24.3 Å². The first-order valence-electron chi connectivity index (χ1n) is 20.1. The monoisotopic (exact) mass is 760 g/mol. The Morgan fingerprint density at radius 2 is 0.690 bits per heavy atom. The molecular formula is C54H52N2O2. The lowest BCUT2D eigenvalue weighted by atomic mass is 10.0. The third-order valence-corrected chi connectivity index (χ3v) is 10.2. The highest BCUT2D eigenvalue weighted by Crippen LogP contribution is 2.37. The molecule has 290 valence electrons. The molecule has 0 saturated carbocycles. The fourth-order valence-corrected chi connectivity index (χ4v) is 6.88. The van der Waals surface area contributed by atoms with Crippen LogP contribution in [0.2, 0.25) is 0 Å². The first-order chi connectivity index (χ1) is 28.3. The molecule has 7 aromatic carbocycles. The van der Waals surface area contributed by atoms with Gasteiger partial charge in [0.1, 0.15) is 11.5 Å². The third kappa shape index (κ3) is 9.59. The summed E-state index contributed by atoms with van der Waals surface area (Å²) in [6.45, 7) is 11.2. The van der Waals surface area contributed by atoms with E-state index in [1.165, 1.54) is 22.3 Å². The zero-order valence-electron chi connectivity index (χ0n) is 34.4. The van der Waals surface area contributed by atoms with Gasteiger partial charge in [-0.1, -0.05) is 126 Å². The van der Waals surface area contributed by atoms with Gasteiger partial charge < -0.3 is 19.3 Å². The van der Waals surface area contributed by atoms with E-state index in [0.29, 0.717) is 6.61 Å². The molecule has 4 nitrogen and oxygen atoms in total. The number of hydrogen-bond acceptors (Lipinski definition) is 4. The van der Waals surface area contributed by atoms with E-state index in [0.717, 1.165) is 74.3 Å². The predicted molar refractivity (Wildman–Crippen MR) is 248 cm³/mol. The van der Waals surface area contributed by atoms with Gasteiger partial charge in [0, 0.05) is 45.3 Å². The van der Waals surface area contributed by atoms with Gasteiger partial charge in [-0.2, -0.15) is 0 Å². The third-order valence-electron chi connectivity index (χ3n) is 10.2. The summed E-state index contributed by atoms with van der Waals surface area (Å²) in [5.74, 6) is 1.60. The Balaban J connectivity index is 1.13. The number of benzene rings is 7. The van der Waals surface area contributed by atoms with E-state index in [1.54, 1.807) is 7.11 Å². The Kier molecular flexibility index (Phi) is 12.5. The second-order valence-corrected chi connectivity index (χ2v) is 14.8. The molecule has 0 aliphatic heterocycles. The van der Waals surface area contributed by atoms with Crippen molar-refractivity contribution in [2.45, 2.75) is 41.0 Å². The van der Waals surface area contributed by atoms with Crippen molar-refractivity contribution >= 4 is 58.4 Å². The summed E-state index contributed by atoms with van der Waals surface area (Å²) >= 11 is 0. The highest BCUT2D eigenvalue weighted by molar-refractivity contribution is 5.82. The summed E-state index contributed by atoms with van der Waals surface area (Å²) in [4.78, 5) is 4.58. The molecule has 0 unspecified atom stereocenters. The van der Waals surface area contributed by atoms with Gasteiger partial charge in [0.05, 0.1) is 13.7 Å². The summed E-state index contributed by atoms with van der Waals surface area (Å²) < 4.78 is 12.3. The van der Waals surface area contributed by atoms with Gasteiger partial charge in [0.15, 0.2) is 0 Å². The first-order valence-corrected chi connectivity index (χ1v) is 20.1. The number of methoxy groups -OCH3 is 1. The van der Waals surface area contributed by atoms with Crippen LogP contribution in [-0.4, -0.2) is 13.7 Å². The Morgan fingerprint density at radius 3 is 1.00 bits per heavy atom. The summed E-state index contributed by atoms with van der Waals surface area (Å²) in [5, 5.41) is 0. The Bertz CT molecular complexity index is 2370. The Hall–Kier alpha value is -6.78. The van der Waals surface area contributed by atoms with Gasteiger partial charge in [-0.15, -0.1) is 0 Å². The minimum atomic E-state index is 0.624. The molecule has 0 radical (unpaired) electrons. The van der Waals surface area contributed by atoms with Gasteiger partial charge >= 0.3 is 0 Å². The Labute approximate surface area is 345 Å². The van der Waals surface area contributed by atoms with Crippen molar-refractivity contribution in [2.24, 2.45) is 0 Å². The fraction of sp³-hybridized carbons (Fsp3) is 0.148. The quantitative estimate of drug-likeness (QED) is 0.103. The molecule has 0 aliphatic carbocycles. The van der Waals surface area contributed by atoms with E-state index in [1.807, 2.05) is 0 Å². The molecule has 0 spiro atoms. The second kappa shape index (κ2) is 18.4. The molecule has 4 heteroatoms. The average molecular weight is 761 g/mol. The van der Waals surface area contributed by atoms with E-state index < -0.39 is 0 Å². The molecule has 0 saturated heterocycles. The van der Waals surface area contributed by atoms with Gasteiger partial charge in [-0.05, 0) is 130 Å². The summed E-state index contributed by atoms with van der Waals surface area (Å²) in [5.41, 5.74) is 15.7. The fourth-order valence-electron chi connectivity index (χ4n) is 6.88. The normalized spacial score (nSPS) is 11.3. The minimum Gasteiger partial charge on any atom is -0.496 e. The smallest absolute Gasteiger partial charge is 0.127 e.